The van der Waals surface area contributed by atoms with Gasteiger partial charge in [0, 0.05) is 5.39 Å². The molecule has 1 heterocycles. The highest BCUT2D eigenvalue weighted by Gasteiger charge is 2.56. The van der Waals surface area contributed by atoms with Gasteiger partial charge in [-0.15, -0.1) is 0 Å². The number of halogens is 3. The van der Waals surface area contributed by atoms with Gasteiger partial charge in [-0.3, -0.25) is 0 Å². The molecule has 1 aromatic heterocycles. The van der Waals surface area contributed by atoms with Crippen molar-refractivity contribution < 1.29 is 23.0 Å². The average Bonchev–Trinajstić information content (AvgIpc) is 3.26. The highest BCUT2D eigenvalue weighted by atomic mass is 19.4. The number of aromatic nitrogens is 2. The minimum atomic E-state index is -4.95. The van der Waals surface area contributed by atoms with Gasteiger partial charge in [-0.2, -0.15) is 18.3 Å². The maximum Gasteiger partial charge on any atom is 0.425 e. The summed E-state index contributed by atoms with van der Waals surface area (Å²) < 4.78 is 50.0. The smallest absolute Gasteiger partial charge is 0.425 e. The zero-order valence-corrected chi connectivity index (χ0v) is 17.5. The van der Waals surface area contributed by atoms with Gasteiger partial charge in [-0.1, -0.05) is 42.5 Å². The van der Waals surface area contributed by atoms with Gasteiger partial charge in [-0.25, -0.2) is 4.68 Å². The molecule has 0 aliphatic rings. The highest BCUT2D eigenvalue weighted by Crippen LogP contribution is 2.45. The van der Waals surface area contributed by atoms with Crippen LogP contribution in [-0.4, -0.2) is 28.2 Å². The van der Waals surface area contributed by atoms with Crippen LogP contribution in [0.25, 0.3) is 27.4 Å². The van der Waals surface area contributed by atoms with Crippen molar-refractivity contribution in [3.8, 4) is 11.4 Å². The summed E-state index contributed by atoms with van der Waals surface area (Å²) in [7, 11) is 1.52. The third kappa shape index (κ3) is 3.41. The van der Waals surface area contributed by atoms with Crippen molar-refractivity contribution in [2.24, 2.45) is 0 Å². The van der Waals surface area contributed by atoms with Gasteiger partial charge in [0.15, 0.2) is 0 Å². The second-order valence-electron chi connectivity index (χ2n) is 7.80. The van der Waals surface area contributed by atoms with Crippen molar-refractivity contribution in [2.75, 3.05) is 7.11 Å². The molecular formula is C26H19F3N2O2. The molecule has 166 valence electrons. The van der Waals surface area contributed by atoms with E-state index in [9.17, 15) is 18.3 Å². The van der Waals surface area contributed by atoms with Crippen LogP contribution in [0.2, 0.25) is 0 Å². The lowest BCUT2D eigenvalue weighted by Crippen LogP contribution is -2.43. The molecule has 33 heavy (non-hydrogen) atoms. The Morgan fingerprint density at radius 2 is 1.42 bits per heavy atom. The molecule has 5 aromatic rings. The summed E-state index contributed by atoms with van der Waals surface area (Å²) in [5.74, 6) is 0.599. The molecule has 0 fully saturated rings. The van der Waals surface area contributed by atoms with E-state index in [1.165, 1.54) is 37.6 Å². The molecule has 4 nitrogen and oxygen atoms in total. The fourth-order valence-electron chi connectivity index (χ4n) is 4.10. The summed E-state index contributed by atoms with van der Waals surface area (Å²) in [4.78, 5) is 0. The van der Waals surface area contributed by atoms with Crippen LogP contribution in [-0.2, 0) is 5.60 Å². The molecule has 0 saturated carbocycles. The van der Waals surface area contributed by atoms with E-state index < -0.39 is 11.8 Å². The molecule has 5 rings (SSSR count). The fourth-order valence-corrected chi connectivity index (χ4v) is 4.10. The number of alkyl halides is 3. The largest absolute Gasteiger partial charge is 0.497 e. The highest BCUT2D eigenvalue weighted by molar-refractivity contribution is 5.85. The first-order valence-corrected chi connectivity index (χ1v) is 10.2. The predicted molar refractivity (Wildman–Crippen MR) is 121 cm³/mol. The van der Waals surface area contributed by atoms with Crippen LogP contribution in [0.15, 0.2) is 91.1 Å². The molecule has 7 heteroatoms. The summed E-state index contributed by atoms with van der Waals surface area (Å²) in [6.07, 6.45) is -3.45. The Hall–Kier alpha value is -3.84. The normalized spacial score (nSPS) is 13.8. The van der Waals surface area contributed by atoms with E-state index in [2.05, 4.69) is 5.10 Å². The summed E-state index contributed by atoms with van der Waals surface area (Å²) in [6, 6.07) is 22.8. The van der Waals surface area contributed by atoms with E-state index in [0.717, 1.165) is 5.69 Å². The molecule has 0 radical (unpaired) electrons. The van der Waals surface area contributed by atoms with Crippen molar-refractivity contribution >= 4 is 21.7 Å². The Balaban J connectivity index is 1.65. The van der Waals surface area contributed by atoms with Crippen LogP contribution < -0.4 is 4.74 Å². The van der Waals surface area contributed by atoms with Crippen molar-refractivity contribution in [3.63, 3.8) is 0 Å². The minimum absolute atomic E-state index is 0.262. The number of methoxy groups -OCH3 is 1. The van der Waals surface area contributed by atoms with Gasteiger partial charge in [0.05, 0.1) is 24.5 Å². The van der Waals surface area contributed by atoms with Crippen LogP contribution in [0, 0.1) is 0 Å². The van der Waals surface area contributed by atoms with Crippen LogP contribution >= 0.6 is 0 Å². The lowest BCUT2D eigenvalue weighted by molar-refractivity contribution is -0.248. The van der Waals surface area contributed by atoms with E-state index in [1.54, 1.807) is 35.0 Å². The number of ether oxygens (including phenoxy) is 1. The van der Waals surface area contributed by atoms with E-state index in [1.807, 2.05) is 30.3 Å². The molecule has 0 aliphatic heterocycles. The van der Waals surface area contributed by atoms with Crippen molar-refractivity contribution in [2.45, 2.75) is 11.8 Å². The number of nitrogens with zero attached hydrogens (tertiary/aromatic N) is 2. The first-order valence-electron chi connectivity index (χ1n) is 10.2. The maximum absolute atomic E-state index is 14.4. The van der Waals surface area contributed by atoms with Crippen LogP contribution in [0.5, 0.6) is 5.75 Å². The van der Waals surface area contributed by atoms with Gasteiger partial charge in [0.1, 0.15) is 5.75 Å². The molecule has 1 unspecified atom stereocenters. The van der Waals surface area contributed by atoms with Gasteiger partial charge < -0.3 is 9.84 Å². The second-order valence-corrected chi connectivity index (χ2v) is 7.80. The maximum atomic E-state index is 14.4. The van der Waals surface area contributed by atoms with Crippen molar-refractivity contribution in [1.82, 2.24) is 9.78 Å². The van der Waals surface area contributed by atoms with E-state index in [4.69, 9.17) is 4.74 Å². The Morgan fingerprint density at radius 3 is 2.12 bits per heavy atom. The Kier molecular flexibility index (Phi) is 4.87. The first kappa shape index (κ1) is 21.0. The Labute approximate surface area is 187 Å². The lowest BCUT2D eigenvalue weighted by Gasteiger charge is -2.32. The number of hydrogen-bond acceptors (Lipinski definition) is 3. The standard InChI is InChI=1S/C26H19F3N2O2/c1-33-23-11-8-17-13-20(9-7-18(17)15-23)25(32,26(27,28)29)21-10-12-24-19(14-21)16-30-31(24)22-5-3-2-4-6-22/h2-16,32H,1H3. The van der Waals surface area contributed by atoms with Crippen molar-refractivity contribution in [3.05, 3.63) is 102 Å². The lowest BCUT2D eigenvalue weighted by atomic mass is 9.84. The molecule has 0 spiro atoms. The monoisotopic (exact) mass is 448 g/mol. The van der Waals surface area contributed by atoms with Crippen LogP contribution in [0.4, 0.5) is 13.2 Å². The zero-order chi connectivity index (χ0) is 23.2. The topological polar surface area (TPSA) is 47.3 Å². The molecule has 0 saturated heterocycles. The molecule has 0 bridgehead atoms. The van der Waals surface area contributed by atoms with E-state index in [-0.39, 0.29) is 11.1 Å². The number of rotatable bonds is 4. The minimum Gasteiger partial charge on any atom is -0.497 e. The Bertz CT molecular complexity index is 1460. The molecule has 4 aromatic carbocycles. The molecular weight excluding hydrogens is 429 g/mol. The van der Waals surface area contributed by atoms with Crippen molar-refractivity contribution in [1.29, 1.82) is 0 Å². The summed E-state index contributed by atoms with van der Waals surface area (Å²) in [5.41, 5.74) is -2.30. The molecule has 1 atom stereocenters. The molecule has 0 amide bonds. The molecule has 0 aliphatic carbocycles. The number of hydrogen-bond donors (Lipinski definition) is 1. The van der Waals surface area contributed by atoms with Gasteiger partial charge in [0.25, 0.3) is 0 Å². The first-order chi connectivity index (χ1) is 15.8. The third-order valence-electron chi connectivity index (χ3n) is 5.86. The number of fused-ring (bicyclic) bond motifs is 2. The number of benzene rings is 4. The average molecular weight is 448 g/mol. The summed E-state index contributed by atoms with van der Waals surface area (Å²) in [5, 5.41) is 17.2. The van der Waals surface area contributed by atoms with Gasteiger partial charge in [0.2, 0.25) is 5.60 Å². The van der Waals surface area contributed by atoms with E-state index in [0.29, 0.717) is 27.4 Å². The van der Waals surface area contributed by atoms with E-state index >= 15 is 0 Å². The SMILES string of the molecule is COc1ccc2cc(C(O)(c3ccc4c(cnn4-c4ccccc4)c3)C(F)(F)F)ccc2c1. The van der Waals surface area contributed by atoms with Crippen LogP contribution in [0.3, 0.4) is 0 Å². The molecule has 1 N–H and O–H groups in total. The predicted octanol–water partition coefficient (Wildman–Crippen LogP) is 5.99. The number of aliphatic hydroxyl groups is 1. The summed E-state index contributed by atoms with van der Waals surface area (Å²) in [6.45, 7) is 0. The summed E-state index contributed by atoms with van der Waals surface area (Å²) >= 11 is 0. The quantitative estimate of drug-likeness (QED) is 0.368. The number of para-hydroxylation sites is 1. The second kappa shape index (κ2) is 7.64. The zero-order valence-electron chi connectivity index (χ0n) is 17.5. The van der Waals surface area contributed by atoms with Crippen LogP contribution in [0.1, 0.15) is 11.1 Å². The Morgan fingerprint density at radius 1 is 0.788 bits per heavy atom. The third-order valence-corrected chi connectivity index (χ3v) is 5.86. The van der Waals surface area contributed by atoms with Gasteiger partial charge in [-0.05, 0) is 64.4 Å². The van der Waals surface area contributed by atoms with Gasteiger partial charge >= 0.3 is 6.18 Å². The fraction of sp³-hybridized carbons (Fsp3) is 0.115.